The molecule has 3 N–H and O–H groups in total. The van der Waals surface area contributed by atoms with Gasteiger partial charge in [0.2, 0.25) is 0 Å². The van der Waals surface area contributed by atoms with Crippen LogP contribution >= 0.6 is 12.6 Å². The summed E-state index contributed by atoms with van der Waals surface area (Å²) in [5.74, 6) is 0. The molecule has 0 saturated carbocycles. The van der Waals surface area contributed by atoms with E-state index in [1.165, 1.54) is 48.6 Å². The number of aromatic nitrogens is 6. The second-order valence-corrected chi connectivity index (χ2v) is 19.5. The fraction of sp³-hybridized carbons (Fsp3) is 0.0244. The van der Waals surface area contributed by atoms with Crippen LogP contribution in [0.2, 0.25) is 0 Å². The van der Waals surface area contributed by atoms with E-state index in [2.05, 4.69) is 45.7 Å². The van der Waals surface area contributed by atoms with Gasteiger partial charge in [0, 0.05) is 15.7 Å². The Labute approximate surface area is 355 Å². The van der Waals surface area contributed by atoms with Crippen molar-refractivity contribution in [1.29, 1.82) is 0 Å². The molecule has 310 valence electrons. The van der Waals surface area contributed by atoms with Crippen molar-refractivity contribution < 1.29 is 38.9 Å². The van der Waals surface area contributed by atoms with Crippen molar-refractivity contribution in [2.75, 3.05) is 0 Å². The van der Waals surface area contributed by atoms with Gasteiger partial charge in [-0.2, -0.15) is 45.1 Å². The van der Waals surface area contributed by atoms with E-state index in [0.29, 0.717) is 27.7 Å². The molecule has 17 nitrogen and oxygen atoms in total. The van der Waals surface area contributed by atoms with Gasteiger partial charge in [0.15, 0.2) is 0 Å². The Hall–Kier alpha value is -6.72. The first-order chi connectivity index (χ1) is 29.5. The smallest absolute Gasteiger partial charge is 0.282 e. The van der Waals surface area contributed by atoms with Crippen LogP contribution in [0.1, 0.15) is 16.7 Å². The van der Waals surface area contributed by atoms with E-state index in [9.17, 15) is 38.9 Å². The van der Waals surface area contributed by atoms with Gasteiger partial charge in [-0.15, -0.1) is 31.1 Å². The zero-order valence-corrected chi connectivity index (χ0v) is 35.0. The van der Waals surface area contributed by atoms with Gasteiger partial charge in [-0.3, -0.25) is 13.7 Å². The highest BCUT2D eigenvalue weighted by Crippen LogP contribution is 2.37. The first-order valence-electron chi connectivity index (χ1n) is 18.5. The fourth-order valence-electron chi connectivity index (χ4n) is 7.98. The van der Waals surface area contributed by atoms with Crippen LogP contribution in [0.4, 0.5) is 11.4 Å². The van der Waals surface area contributed by atoms with Crippen LogP contribution in [0.25, 0.3) is 67.1 Å². The maximum Gasteiger partial charge on any atom is 0.295 e. The molecule has 0 amide bonds. The molecule has 11 aromatic rings. The number of nitrogens with zero attached hydrogens (tertiary/aromatic N) is 8. The van der Waals surface area contributed by atoms with Crippen molar-refractivity contribution in [1.82, 2.24) is 28.1 Å². The summed E-state index contributed by atoms with van der Waals surface area (Å²) in [6.07, 6.45) is 2.59. The molecule has 0 fully saturated rings. The van der Waals surface area contributed by atoms with Gasteiger partial charge in [-0.25, -0.2) is 0 Å². The van der Waals surface area contributed by atoms with Gasteiger partial charge in [0.05, 0.1) is 27.6 Å². The molecule has 0 saturated heterocycles. The molecule has 0 atom stereocenters. The van der Waals surface area contributed by atoms with Crippen molar-refractivity contribution in [3.8, 4) is 11.4 Å². The maximum absolute atomic E-state index is 12.7. The Balaban J connectivity index is 0.868. The van der Waals surface area contributed by atoms with Crippen LogP contribution < -0.4 is 0 Å². The average molecular weight is 905 g/mol. The first-order valence-corrected chi connectivity index (χ1v) is 23.3. The lowest BCUT2D eigenvalue weighted by atomic mass is 10.1. The monoisotopic (exact) mass is 904 g/mol. The summed E-state index contributed by atoms with van der Waals surface area (Å²) in [7, 11) is -14.0. The minimum absolute atomic E-state index is 0.0102. The predicted octanol–water partition coefficient (Wildman–Crippen LogP) is 8.38. The van der Waals surface area contributed by atoms with E-state index in [1.54, 1.807) is 44.4 Å². The topological polar surface area (TPSA) is 215 Å². The third kappa shape index (κ3) is 5.96. The van der Waals surface area contributed by atoms with E-state index >= 15 is 0 Å². The van der Waals surface area contributed by atoms with E-state index < -0.39 is 40.1 Å². The number of hydrogen-bond donors (Lipinski definition) is 4. The number of hydrogen-bond acceptors (Lipinski definition) is 9. The fourth-order valence-corrected chi connectivity index (χ4v) is 10.1. The summed E-state index contributed by atoms with van der Waals surface area (Å²) in [5, 5.41) is 12.0. The lowest BCUT2D eigenvalue weighted by molar-refractivity contribution is 0.480. The molecule has 0 aliphatic carbocycles. The SMILES string of the molecule is Cc1cc(-n2n3c4ccc5cc(S)ccc5c4n23)ccc1N=Nc1ccc(/C=C\c2ccc(-n3n4c5ccc6cc(S(=O)(=O)O)ccc6c5n34)cc2S(=O)(=O)O)c(S(=O)(=O)O)c1. The largest absolute Gasteiger partial charge is 0.295 e. The number of azo groups is 1. The molecular weight excluding hydrogens is 877 g/mol. The number of rotatable bonds is 9. The molecule has 0 radical (unpaired) electrons. The second kappa shape index (κ2) is 12.9. The van der Waals surface area contributed by atoms with Gasteiger partial charge in [-0.1, -0.05) is 48.6 Å². The maximum atomic E-state index is 12.7. The zero-order valence-electron chi connectivity index (χ0n) is 31.7. The Morgan fingerprint density at radius 1 is 0.532 bits per heavy atom. The lowest BCUT2D eigenvalue weighted by Gasteiger charge is -2.07. The van der Waals surface area contributed by atoms with Crippen molar-refractivity contribution in [3.05, 3.63) is 132 Å². The number of fused-ring (bicyclic) bond motifs is 12. The summed E-state index contributed by atoms with van der Waals surface area (Å²) in [5.41, 5.74) is 6.38. The molecule has 0 aliphatic heterocycles. The highest BCUT2D eigenvalue weighted by Gasteiger charge is 2.29. The molecule has 21 heteroatoms. The third-order valence-corrected chi connectivity index (χ3v) is 13.9. The Morgan fingerprint density at radius 3 is 1.68 bits per heavy atom. The van der Waals surface area contributed by atoms with Crippen LogP contribution in [0, 0.1) is 6.92 Å². The third-order valence-electron chi connectivity index (χ3n) is 10.9. The average Bonchev–Trinajstić information content (AvgIpc) is 4.08. The normalized spacial score (nSPS) is 13.5. The standard InChI is InChI=1S/C41H28N8O9S4/c1-23-18-29(44-46-36-16-6-26-19-31(59)11-13-33(26)40(36)48(44)46)10-15-35(23)43-42-28-8-4-24(38(21-28)61(53,54)55)2-3-25-5-9-30(22-39(25)62(56,57)58)45-47-37-17-7-27-20-32(60(50,51)52)12-14-34(27)41(37)49(45)47/h2-22,59H,1H3,(H,50,51,52)(H,53,54,55)(H,56,57,58)/b3-2-,43-42?. The second-order valence-electron chi connectivity index (χ2n) is 14.8. The Bertz CT molecular complexity index is 4110. The van der Waals surface area contributed by atoms with E-state index in [4.69, 9.17) is 0 Å². The van der Waals surface area contributed by atoms with Crippen molar-refractivity contribution in [3.63, 3.8) is 0 Å². The summed E-state index contributed by atoms with van der Waals surface area (Å²) in [4.78, 5) is 3.32. The first kappa shape index (κ1) is 38.2. The lowest BCUT2D eigenvalue weighted by Crippen LogP contribution is -2.03. The van der Waals surface area contributed by atoms with Crippen LogP contribution in [0.5, 0.6) is 0 Å². The van der Waals surface area contributed by atoms with Gasteiger partial charge in [0.1, 0.15) is 31.9 Å². The Morgan fingerprint density at radius 2 is 1.08 bits per heavy atom. The van der Waals surface area contributed by atoms with Crippen LogP contribution in [-0.2, 0) is 30.4 Å². The molecule has 4 aromatic heterocycles. The van der Waals surface area contributed by atoms with Crippen LogP contribution in [0.3, 0.4) is 0 Å². The van der Waals surface area contributed by atoms with E-state index in [1.807, 2.05) is 40.6 Å². The minimum atomic E-state index is -4.81. The van der Waals surface area contributed by atoms with Crippen molar-refractivity contribution >= 4 is 110 Å². The summed E-state index contributed by atoms with van der Waals surface area (Å²) >= 11 is 4.46. The van der Waals surface area contributed by atoms with Crippen molar-refractivity contribution in [2.24, 2.45) is 10.2 Å². The van der Waals surface area contributed by atoms with Crippen LogP contribution in [0.15, 0.2) is 145 Å². The molecule has 7 aromatic carbocycles. The van der Waals surface area contributed by atoms with Gasteiger partial charge in [-0.05, 0) is 113 Å². The summed E-state index contributed by atoms with van der Waals surface area (Å²) in [6, 6.07) is 31.7. The van der Waals surface area contributed by atoms with Crippen molar-refractivity contribution in [2.45, 2.75) is 26.5 Å². The molecule has 62 heavy (non-hydrogen) atoms. The number of benzene rings is 7. The highest BCUT2D eigenvalue weighted by atomic mass is 32.2. The summed E-state index contributed by atoms with van der Waals surface area (Å²) in [6.45, 7) is 1.88. The van der Waals surface area contributed by atoms with Gasteiger partial charge < -0.3 is 0 Å². The minimum Gasteiger partial charge on any atom is -0.282 e. The molecule has 0 spiro atoms. The molecular formula is C41H28N8O9S4. The quantitative estimate of drug-likeness (QED) is 0.0473. The number of thiol groups is 1. The molecule has 0 bridgehead atoms. The van der Waals surface area contributed by atoms with Gasteiger partial charge >= 0.3 is 0 Å². The molecule has 11 rings (SSSR count). The van der Waals surface area contributed by atoms with E-state index in [-0.39, 0.29) is 21.7 Å². The summed E-state index contributed by atoms with van der Waals surface area (Å²) < 4.78 is 111. The van der Waals surface area contributed by atoms with Gasteiger partial charge in [0.25, 0.3) is 30.4 Å². The molecule has 4 heterocycles. The number of aryl methyl sites for hydroxylation is 1. The molecule has 0 aliphatic rings. The predicted molar refractivity (Wildman–Crippen MR) is 234 cm³/mol. The van der Waals surface area contributed by atoms with Crippen LogP contribution in [-0.4, -0.2) is 67.0 Å². The van der Waals surface area contributed by atoms with E-state index in [0.717, 1.165) is 49.5 Å². The zero-order chi connectivity index (χ0) is 43.2. The highest BCUT2D eigenvalue weighted by molar-refractivity contribution is 7.86. The molecule has 0 unspecified atom stereocenters. The Kier molecular flexibility index (Phi) is 7.95.